The number of esters is 3. The zero-order valence-electron chi connectivity index (χ0n) is 32.4. The van der Waals surface area contributed by atoms with Gasteiger partial charge in [0.15, 0.2) is 23.7 Å². The van der Waals surface area contributed by atoms with Crippen molar-refractivity contribution in [1.29, 1.82) is 0 Å². The second-order valence-corrected chi connectivity index (χ2v) is 17.1. The van der Waals surface area contributed by atoms with Gasteiger partial charge in [0.25, 0.3) is 0 Å². The number of alkyl carbamates (subject to hydrolysis) is 1. The summed E-state index contributed by atoms with van der Waals surface area (Å²) in [5, 5.41) is 14.9. The number of likely N-dealkylation sites (N-methyl/N-ethyl adjacent to an activating group) is 1. The van der Waals surface area contributed by atoms with Gasteiger partial charge in [-0.15, -0.1) is 0 Å². The minimum absolute atomic E-state index is 0.0929. The van der Waals surface area contributed by atoms with E-state index in [2.05, 4.69) is 10.2 Å². The summed E-state index contributed by atoms with van der Waals surface area (Å²) < 4.78 is 39.5. The van der Waals surface area contributed by atoms with Crippen molar-refractivity contribution >= 4 is 30.2 Å². The molecule has 2 bridgehead atoms. The number of ether oxygens (including phenoxy) is 7. The molecule has 1 aromatic rings. The molecule has 6 atom stereocenters. The van der Waals surface area contributed by atoms with Crippen molar-refractivity contribution < 1.29 is 62.2 Å². The number of amides is 1. The van der Waals surface area contributed by atoms with E-state index in [1.165, 1.54) is 6.92 Å². The molecule has 2 aliphatic carbocycles. The standard InChI is InChI=1S/C38H52N2O13/c1-20(47-31(43)22(19-26(41)51-34(2,3)4)39-32(44)52-35(5,6)7)30(42)48-24-14-15-38(46)25-18-21-12-13-23(49-33(45)53-36(8,9)10)28-27(21)37(38,29(24)50-28)16-17-40(25)11/h12-14,20,22,25,29,46H,15-19H2,1-11H3,(H,39,44)/t20-,22-,25-,29-,37-,38+/m0/s1. The zero-order valence-corrected chi connectivity index (χ0v) is 32.4. The number of hydrogen-bond acceptors (Lipinski definition) is 14. The van der Waals surface area contributed by atoms with Crippen LogP contribution in [-0.2, 0) is 49.9 Å². The monoisotopic (exact) mass is 744 g/mol. The third-order valence-electron chi connectivity index (χ3n) is 9.53. The Hall–Kier alpha value is -4.37. The Labute approximate surface area is 309 Å². The van der Waals surface area contributed by atoms with Gasteiger partial charge in [0.2, 0.25) is 0 Å². The van der Waals surface area contributed by atoms with Gasteiger partial charge in [-0.2, -0.15) is 0 Å². The van der Waals surface area contributed by atoms with Gasteiger partial charge >= 0.3 is 30.2 Å². The van der Waals surface area contributed by atoms with E-state index in [-0.39, 0.29) is 29.7 Å². The van der Waals surface area contributed by atoms with E-state index < -0.39 is 82.6 Å². The second-order valence-electron chi connectivity index (χ2n) is 17.1. The van der Waals surface area contributed by atoms with Crippen molar-refractivity contribution in [3.05, 3.63) is 35.1 Å². The minimum atomic E-state index is -1.55. The average molecular weight is 745 g/mol. The van der Waals surface area contributed by atoms with Gasteiger partial charge in [0, 0.05) is 18.0 Å². The highest BCUT2D eigenvalue weighted by atomic mass is 16.7. The van der Waals surface area contributed by atoms with Gasteiger partial charge < -0.3 is 48.5 Å². The Morgan fingerprint density at radius 2 is 1.58 bits per heavy atom. The summed E-state index contributed by atoms with van der Waals surface area (Å²) in [7, 11) is 1.95. The summed E-state index contributed by atoms with van der Waals surface area (Å²) in [6, 6.07) is 1.64. The maximum absolute atomic E-state index is 13.6. The fourth-order valence-corrected chi connectivity index (χ4v) is 7.56. The Morgan fingerprint density at radius 1 is 0.943 bits per heavy atom. The number of benzene rings is 1. The molecule has 2 aliphatic heterocycles. The molecule has 0 radical (unpaired) electrons. The molecule has 0 aromatic heterocycles. The predicted octanol–water partition coefficient (Wildman–Crippen LogP) is 4.38. The Balaban J connectivity index is 1.38. The van der Waals surface area contributed by atoms with E-state index >= 15 is 0 Å². The lowest BCUT2D eigenvalue weighted by atomic mass is 9.50. The van der Waals surface area contributed by atoms with Crippen molar-refractivity contribution in [3.63, 3.8) is 0 Å². The fourth-order valence-electron chi connectivity index (χ4n) is 7.56. The van der Waals surface area contributed by atoms with E-state index in [4.69, 9.17) is 33.2 Å². The second kappa shape index (κ2) is 13.8. The van der Waals surface area contributed by atoms with E-state index in [1.54, 1.807) is 74.5 Å². The number of likely N-dealkylation sites (tertiary alicyclic amines) is 1. The molecule has 5 rings (SSSR count). The number of carbonyl (C=O) groups excluding carboxylic acids is 5. The molecule has 2 heterocycles. The number of piperidine rings is 1. The number of nitrogens with zero attached hydrogens (tertiary/aromatic N) is 1. The number of nitrogens with one attached hydrogen (secondary N) is 1. The van der Waals surface area contributed by atoms with Crippen molar-refractivity contribution in [2.45, 2.75) is 147 Å². The maximum atomic E-state index is 13.6. The summed E-state index contributed by atoms with van der Waals surface area (Å²) in [4.78, 5) is 67.1. The van der Waals surface area contributed by atoms with Crippen molar-refractivity contribution in [3.8, 4) is 11.5 Å². The van der Waals surface area contributed by atoms with Crippen LogP contribution in [-0.4, -0.2) is 100 Å². The van der Waals surface area contributed by atoms with Gasteiger partial charge in [-0.1, -0.05) is 6.07 Å². The smallest absolute Gasteiger partial charge is 0.477 e. The van der Waals surface area contributed by atoms with Crippen LogP contribution in [0.3, 0.4) is 0 Å². The summed E-state index contributed by atoms with van der Waals surface area (Å²) in [5.41, 5.74) is -3.39. The first kappa shape index (κ1) is 39.8. The predicted molar refractivity (Wildman–Crippen MR) is 187 cm³/mol. The molecule has 2 N–H and O–H groups in total. The molecular weight excluding hydrogens is 692 g/mol. The van der Waals surface area contributed by atoms with Gasteiger partial charge in [-0.25, -0.2) is 19.2 Å². The molecule has 4 aliphatic rings. The molecule has 53 heavy (non-hydrogen) atoms. The topological polar surface area (TPSA) is 185 Å². The van der Waals surface area contributed by atoms with Crippen LogP contribution in [0.25, 0.3) is 0 Å². The van der Waals surface area contributed by atoms with Crippen molar-refractivity contribution in [1.82, 2.24) is 10.2 Å². The largest absolute Gasteiger partial charge is 0.514 e. The van der Waals surface area contributed by atoms with E-state index in [0.717, 1.165) is 5.56 Å². The Morgan fingerprint density at radius 3 is 2.21 bits per heavy atom. The zero-order chi connectivity index (χ0) is 39.5. The van der Waals surface area contributed by atoms with Gasteiger partial charge in [0.05, 0.1) is 17.4 Å². The molecule has 1 spiro atoms. The van der Waals surface area contributed by atoms with Crippen LogP contribution in [0, 0.1) is 0 Å². The first-order valence-corrected chi connectivity index (χ1v) is 17.8. The van der Waals surface area contributed by atoms with Crippen LogP contribution in [0.4, 0.5) is 9.59 Å². The maximum Gasteiger partial charge on any atom is 0.514 e. The highest BCUT2D eigenvalue weighted by molar-refractivity contribution is 5.88. The molecule has 292 valence electrons. The lowest BCUT2D eigenvalue weighted by Crippen LogP contribution is -2.74. The molecule has 1 aromatic carbocycles. The van der Waals surface area contributed by atoms with Gasteiger partial charge in [0.1, 0.15) is 28.6 Å². The first-order valence-electron chi connectivity index (χ1n) is 17.8. The molecule has 1 amide bonds. The number of hydrogen-bond donors (Lipinski definition) is 2. The van der Waals surface area contributed by atoms with Crippen molar-refractivity contribution in [2.75, 3.05) is 13.6 Å². The normalized spacial score (nSPS) is 25.7. The highest BCUT2D eigenvalue weighted by Gasteiger charge is 2.72. The minimum Gasteiger partial charge on any atom is -0.477 e. The SMILES string of the molecule is C[C@H](OC(=O)[C@H](CC(=O)OC(C)(C)C)NC(=O)OC(C)(C)C)C(=O)OC1=CC[C@@]2(O)[C@@H]3Cc4ccc(OC(=O)OC(C)(C)C)c5c4[C@@]2(CCN3C)[C@H]1O5. The average Bonchev–Trinajstić information content (AvgIpc) is 3.34. The molecule has 1 fully saturated rings. The quantitative estimate of drug-likeness (QED) is 0.217. The third kappa shape index (κ3) is 8.10. The molecular formula is C38H52N2O13. The Bertz CT molecular complexity index is 1670. The third-order valence-corrected chi connectivity index (χ3v) is 9.53. The molecule has 0 unspecified atom stereocenters. The fraction of sp³-hybridized carbons (Fsp3) is 0.658. The first-order chi connectivity index (χ1) is 24.3. The number of aliphatic hydroxyl groups is 1. The van der Waals surface area contributed by atoms with Crippen LogP contribution in [0.5, 0.6) is 11.5 Å². The summed E-state index contributed by atoms with van der Waals surface area (Å²) in [6.07, 6.45) is -2.36. The highest BCUT2D eigenvalue weighted by Crippen LogP contribution is 2.65. The molecule has 0 saturated carbocycles. The summed E-state index contributed by atoms with van der Waals surface area (Å²) in [5.74, 6) is -2.41. The van der Waals surface area contributed by atoms with Crippen LogP contribution >= 0.6 is 0 Å². The Kier molecular flexibility index (Phi) is 10.4. The lowest BCUT2D eigenvalue weighted by molar-refractivity contribution is -0.176. The molecule has 15 nitrogen and oxygen atoms in total. The van der Waals surface area contributed by atoms with E-state index in [1.807, 2.05) is 13.1 Å². The van der Waals surface area contributed by atoms with Gasteiger partial charge in [-0.05, 0) is 113 Å². The van der Waals surface area contributed by atoms with Crippen LogP contribution in [0.15, 0.2) is 24.0 Å². The summed E-state index contributed by atoms with van der Waals surface area (Å²) in [6.45, 7) is 16.9. The summed E-state index contributed by atoms with van der Waals surface area (Å²) >= 11 is 0. The van der Waals surface area contributed by atoms with E-state index in [9.17, 15) is 29.1 Å². The van der Waals surface area contributed by atoms with Crippen LogP contribution in [0.1, 0.15) is 99.6 Å². The molecule has 15 heteroatoms. The van der Waals surface area contributed by atoms with E-state index in [0.29, 0.717) is 24.9 Å². The van der Waals surface area contributed by atoms with Crippen molar-refractivity contribution in [2.24, 2.45) is 0 Å². The van der Waals surface area contributed by atoms with Crippen LogP contribution in [0.2, 0.25) is 0 Å². The van der Waals surface area contributed by atoms with Crippen LogP contribution < -0.4 is 14.8 Å². The molecule has 1 saturated heterocycles. The number of rotatable bonds is 8. The van der Waals surface area contributed by atoms with Gasteiger partial charge in [-0.3, -0.25) is 4.79 Å². The lowest BCUT2D eigenvalue weighted by Gasteiger charge is -2.61. The number of carbonyl (C=O) groups is 5.